The average molecular weight is 653 g/mol. The lowest BCUT2D eigenvalue weighted by Crippen LogP contribution is -2.48. The number of carbonyl (C=O) groups is 1. The number of methoxy groups -OCH3 is 2. The van der Waals surface area contributed by atoms with Gasteiger partial charge in [-0.3, -0.25) is 14.4 Å². The number of carbonyl (C=O) groups excluding carboxylic acids is 1. The lowest BCUT2D eigenvalue weighted by Gasteiger charge is -2.34. The van der Waals surface area contributed by atoms with Crippen molar-refractivity contribution in [1.29, 1.82) is 0 Å². The first kappa shape index (κ1) is 31.6. The van der Waals surface area contributed by atoms with Crippen LogP contribution in [0.5, 0.6) is 11.5 Å². The minimum atomic E-state index is -3.89. The van der Waals surface area contributed by atoms with Crippen molar-refractivity contribution in [2.24, 2.45) is 0 Å². The molecule has 5 rings (SSSR count). The summed E-state index contributed by atoms with van der Waals surface area (Å²) in [6, 6.07) is 16.1. The van der Waals surface area contributed by atoms with Crippen LogP contribution in [0.15, 0.2) is 65.6 Å². The Morgan fingerprint density at radius 1 is 0.976 bits per heavy atom. The first-order valence-electron chi connectivity index (χ1n) is 12.9. The molecule has 1 aliphatic heterocycles. The van der Waals surface area contributed by atoms with Crippen molar-refractivity contribution in [1.82, 2.24) is 15.2 Å². The van der Waals surface area contributed by atoms with Gasteiger partial charge in [0.2, 0.25) is 0 Å². The number of sulfonamides is 1. The summed E-state index contributed by atoms with van der Waals surface area (Å²) in [6.07, 6.45) is 0. The van der Waals surface area contributed by atoms with Crippen molar-refractivity contribution < 1.29 is 22.7 Å². The van der Waals surface area contributed by atoms with E-state index in [4.69, 9.17) is 26.1 Å². The summed E-state index contributed by atoms with van der Waals surface area (Å²) in [4.78, 5) is 22.4. The van der Waals surface area contributed by atoms with E-state index in [9.17, 15) is 13.2 Å². The highest BCUT2D eigenvalue weighted by atomic mass is 35.5. The second-order valence-electron chi connectivity index (χ2n) is 9.33. The number of anilines is 2. The Labute approximate surface area is 260 Å². The van der Waals surface area contributed by atoms with Crippen LogP contribution in [0.25, 0.3) is 10.2 Å². The van der Waals surface area contributed by atoms with Crippen LogP contribution >= 0.6 is 35.3 Å². The van der Waals surface area contributed by atoms with Crippen molar-refractivity contribution in [2.75, 3.05) is 63.1 Å². The molecular formula is C28H31Cl2N5O5S2. The molecule has 0 unspecified atom stereocenters. The van der Waals surface area contributed by atoms with Gasteiger partial charge in [0.15, 0.2) is 5.13 Å². The van der Waals surface area contributed by atoms with Crippen LogP contribution in [0, 0.1) is 0 Å². The maximum atomic E-state index is 13.0. The van der Waals surface area contributed by atoms with Gasteiger partial charge in [-0.1, -0.05) is 35.1 Å². The van der Waals surface area contributed by atoms with E-state index in [0.29, 0.717) is 18.1 Å². The highest BCUT2D eigenvalue weighted by molar-refractivity contribution is 7.92. The number of piperazine rings is 1. The van der Waals surface area contributed by atoms with Gasteiger partial charge in [-0.25, -0.2) is 13.4 Å². The molecular weight excluding hydrogens is 621 g/mol. The first-order chi connectivity index (χ1) is 19.8. The predicted octanol–water partition coefficient (Wildman–Crippen LogP) is 4.74. The molecule has 10 nitrogen and oxygen atoms in total. The van der Waals surface area contributed by atoms with E-state index < -0.39 is 10.0 Å². The zero-order chi connectivity index (χ0) is 29.0. The van der Waals surface area contributed by atoms with Crippen LogP contribution in [0.3, 0.4) is 0 Å². The number of aromatic nitrogens is 1. The molecule has 2 N–H and O–H groups in total. The van der Waals surface area contributed by atoms with Gasteiger partial charge in [-0.2, -0.15) is 0 Å². The minimum Gasteiger partial charge on any atom is -0.495 e. The zero-order valence-corrected chi connectivity index (χ0v) is 26.2. The molecule has 1 amide bonds. The van der Waals surface area contributed by atoms with E-state index in [0.717, 1.165) is 53.0 Å². The third-order valence-corrected chi connectivity index (χ3v) is 9.56. The van der Waals surface area contributed by atoms with E-state index in [2.05, 4.69) is 19.8 Å². The Morgan fingerprint density at radius 2 is 1.64 bits per heavy atom. The van der Waals surface area contributed by atoms with E-state index >= 15 is 0 Å². The molecule has 1 fully saturated rings. The molecule has 0 aliphatic carbocycles. The molecule has 0 atom stereocenters. The second-order valence-corrected chi connectivity index (χ2v) is 12.4. The molecule has 14 heteroatoms. The summed E-state index contributed by atoms with van der Waals surface area (Å²) in [7, 11) is -0.604. The number of fused-ring (bicyclic) bond motifs is 1. The quantitative estimate of drug-likeness (QED) is 0.253. The SMILES string of the molecule is COc1ccc(OC)c2sc(N3CCN(CCNC(=O)c4ccccc4NS(=O)(=O)c4ccc(Cl)cc4)CC3)nc12.Cl. The fourth-order valence-electron chi connectivity index (χ4n) is 4.58. The van der Waals surface area contributed by atoms with Crippen molar-refractivity contribution in [3.63, 3.8) is 0 Å². The largest absolute Gasteiger partial charge is 0.495 e. The van der Waals surface area contributed by atoms with Crippen LogP contribution in [0.2, 0.25) is 5.02 Å². The molecule has 224 valence electrons. The summed E-state index contributed by atoms with van der Waals surface area (Å²) in [5.74, 6) is 1.14. The molecule has 42 heavy (non-hydrogen) atoms. The van der Waals surface area contributed by atoms with Gasteiger partial charge >= 0.3 is 0 Å². The Bertz CT molecular complexity index is 1600. The Balaban J connectivity index is 0.00000405. The monoisotopic (exact) mass is 651 g/mol. The number of rotatable bonds is 10. The van der Waals surface area contributed by atoms with Crippen molar-refractivity contribution >= 4 is 72.3 Å². The highest BCUT2D eigenvalue weighted by Crippen LogP contribution is 2.40. The molecule has 0 spiro atoms. The van der Waals surface area contributed by atoms with E-state index in [1.807, 2.05) is 12.1 Å². The Hall–Kier alpha value is -3.29. The van der Waals surface area contributed by atoms with Gasteiger partial charge in [-0.15, -0.1) is 12.4 Å². The molecule has 0 radical (unpaired) electrons. The molecule has 3 aromatic carbocycles. The summed E-state index contributed by atoms with van der Waals surface area (Å²) in [5.41, 5.74) is 1.25. The summed E-state index contributed by atoms with van der Waals surface area (Å²) in [5, 5.41) is 4.28. The highest BCUT2D eigenvalue weighted by Gasteiger charge is 2.23. The number of hydrogen-bond donors (Lipinski definition) is 2. The van der Waals surface area contributed by atoms with Crippen molar-refractivity contribution in [2.45, 2.75) is 4.90 Å². The number of amides is 1. The van der Waals surface area contributed by atoms with Gasteiger partial charge in [0.25, 0.3) is 15.9 Å². The summed E-state index contributed by atoms with van der Waals surface area (Å²) < 4.78 is 40.2. The van der Waals surface area contributed by atoms with Gasteiger partial charge in [0, 0.05) is 44.3 Å². The van der Waals surface area contributed by atoms with Crippen molar-refractivity contribution in [3.05, 3.63) is 71.2 Å². The van der Waals surface area contributed by atoms with Crippen molar-refractivity contribution in [3.8, 4) is 11.5 Å². The van der Waals surface area contributed by atoms with Crippen LogP contribution in [0.1, 0.15) is 10.4 Å². The second kappa shape index (κ2) is 13.8. The number of thiazole rings is 1. The average Bonchev–Trinajstić information content (AvgIpc) is 3.43. The third-order valence-electron chi connectivity index (χ3n) is 6.80. The fourth-order valence-corrected chi connectivity index (χ4v) is 6.91. The summed E-state index contributed by atoms with van der Waals surface area (Å²) in [6.45, 7) is 4.32. The predicted molar refractivity (Wildman–Crippen MR) is 170 cm³/mol. The van der Waals surface area contributed by atoms with E-state index in [1.54, 1.807) is 49.8 Å². The smallest absolute Gasteiger partial charge is 0.261 e. The van der Waals surface area contributed by atoms with E-state index in [1.165, 1.54) is 24.3 Å². The normalized spacial score (nSPS) is 13.8. The van der Waals surface area contributed by atoms with Crippen LogP contribution < -0.4 is 24.4 Å². The maximum absolute atomic E-state index is 13.0. The van der Waals surface area contributed by atoms with Crippen LogP contribution in [0.4, 0.5) is 10.8 Å². The number of halogens is 2. The van der Waals surface area contributed by atoms with Crippen LogP contribution in [-0.2, 0) is 10.0 Å². The molecule has 1 saturated heterocycles. The first-order valence-corrected chi connectivity index (χ1v) is 15.6. The number of ether oxygens (including phenoxy) is 2. The van der Waals surface area contributed by atoms with Gasteiger partial charge < -0.3 is 19.7 Å². The lowest BCUT2D eigenvalue weighted by molar-refractivity contribution is 0.0948. The Kier molecular flexibility index (Phi) is 10.4. The fraction of sp³-hybridized carbons (Fsp3) is 0.286. The lowest BCUT2D eigenvalue weighted by atomic mass is 10.1. The van der Waals surface area contributed by atoms with Gasteiger partial charge in [0.1, 0.15) is 21.7 Å². The van der Waals surface area contributed by atoms with E-state index in [-0.39, 0.29) is 34.5 Å². The minimum absolute atomic E-state index is 0. The number of nitrogens with one attached hydrogen (secondary N) is 2. The number of benzene rings is 3. The standard InChI is InChI=1S/C28H30ClN5O5S2.ClH/c1-38-23-11-12-24(39-2)26-25(23)31-28(40-26)34-17-15-33(16-18-34)14-13-30-27(35)21-5-3-4-6-22(21)32-41(36,37)20-9-7-19(29)8-10-20;/h3-12,32H,13-18H2,1-2H3,(H,30,35);1H. The molecule has 1 aromatic heterocycles. The van der Waals surface area contributed by atoms with Gasteiger partial charge in [0.05, 0.1) is 30.4 Å². The number of hydrogen-bond acceptors (Lipinski definition) is 9. The molecule has 2 heterocycles. The van der Waals surface area contributed by atoms with Gasteiger partial charge in [-0.05, 0) is 48.5 Å². The number of para-hydroxylation sites is 1. The maximum Gasteiger partial charge on any atom is 0.261 e. The molecule has 0 saturated carbocycles. The zero-order valence-electron chi connectivity index (χ0n) is 23.0. The topological polar surface area (TPSA) is 113 Å². The molecule has 1 aliphatic rings. The summed E-state index contributed by atoms with van der Waals surface area (Å²) >= 11 is 7.47. The number of nitrogens with zero attached hydrogens (tertiary/aromatic N) is 3. The third kappa shape index (κ3) is 7.01. The van der Waals surface area contributed by atoms with Crippen LogP contribution in [-0.4, -0.2) is 77.7 Å². The Morgan fingerprint density at radius 3 is 2.33 bits per heavy atom. The molecule has 0 bridgehead atoms. The molecule has 4 aromatic rings.